The number of hydrogen-bond acceptors (Lipinski definition) is 0. The van der Waals surface area contributed by atoms with Crippen molar-refractivity contribution in [1.29, 1.82) is 0 Å². The summed E-state index contributed by atoms with van der Waals surface area (Å²) in [7, 11) is -4.75. The van der Waals surface area contributed by atoms with Crippen molar-refractivity contribution in [2.45, 2.75) is 65.3 Å². The molecule has 0 fully saturated rings. The van der Waals surface area contributed by atoms with E-state index in [-0.39, 0.29) is 24.8 Å². The molecule has 0 amide bonds. The molecular weight excluding hydrogens is 727 g/mol. The maximum atomic E-state index is 2.58. The minimum atomic E-state index is -1.59. The molecule has 0 saturated heterocycles. The predicted octanol–water partition coefficient (Wildman–Crippen LogP) is 3.50. The van der Waals surface area contributed by atoms with Crippen LogP contribution in [-0.2, 0) is 24.2 Å². The second kappa shape index (κ2) is 15.2. The first kappa shape index (κ1) is 38.7. The molecule has 5 aromatic carbocycles. The van der Waals surface area contributed by atoms with Crippen molar-refractivity contribution in [3.05, 3.63) is 126 Å². The molecule has 6 rings (SSSR count). The van der Waals surface area contributed by atoms with Crippen molar-refractivity contribution >= 4 is 70.1 Å². The van der Waals surface area contributed by atoms with Crippen molar-refractivity contribution in [2.75, 3.05) is 0 Å². The van der Waals surface area contributed by atoms with Gasteiger partial charge in [-0.1, -0.05) is 122 Å². The topological polar surface area (TPSA) is 0 Å². The van der Waals surface area contributed by atoms with Crippen LogP contribution in [0.5, 0.6) is 0 Å². The fourth-order valence-corrected chi connectivity index (χ4v) is 17.8. The molecule has 1 aliphatic rings. The molecule has 0 aliphatic heterocycles. The maximum absolute atomic E-state index is 2.58. The van der Waals surface area contributed by atoms with Gasteiger partial charge in [-0.05, 0) is 6.42 Å². The van der Waals surface area contributed by atoms with Gasteiger partial charge in [0.15, 0.2) is 0 Å². The summed E-state index contributed by atoms with van der Waals surface area (Å²) < 4.78 is 1.42. The summed E-state index contributed by atoms with van der Waals surface area (Å²) in [6, 6.07) is 32.7. The van der Waals surface area contributed by atoms with Crippen LogP contribution in [0, 0.1) is 0 Å². The van der Waals surface area contributed by atoms with Crippen LogP contribution in [0.4, 0.5) is 0 Å². The number of rotatable bonds is 6. The molecule has 0 saturated carbocycles. The Balaban J connectivity index is 0.000000304. The van der Waals surface area contributed by atoms with E-state index in [0.717, 1.165) is 6.42 Å². The number of hydrogen-bond donors (Lipinski definition) is 0. The summed E-state index contributed by atoms with van der Waals surface area (Å²) in [4.78, 5) is 0. The van der Waals surface area contributed by atoms with Gasteiger partial charge in [0.25, 0.3) is 0 Å². The van der Waals surface area contributed by atoms with E-state index in [1.54, 1.807) is 21.3 Å². The third-order valence-electron chi connectivity index (χ3n) is 8.54. The fourth-order valence-electron chi connectivity index (χ4n) is 6.79. The van der Waals surface area contributed by atoms with Crippen LogP contribution in [0.25, 0.3) is 27.1 Å². The van der Waals surface area contributed by atoms with Gasteiger partial charge in [0.2, 0.25) is 0 Å². The molecule has 0 radical (unpaired) electrons. The molecule has 0 N–H and O–H groups in total. The average Bonchev–Trinajstić information content (AvgIpc) is 3.64. The van der Waals surface area contributed by atoms with E-state index in [9.17, 15) is 0 Å². The predicted molar refractivity (Wildman–Crippen MR) is 204 cm³/mol. The number of allylic oxidation sites excluding steroid dienone is 4. The Morgan fingerprint density at radius 1 is 0.609 bits per heavy atom. The Morgan fingerprint density at radius 2 is 1.09 bits per heavy atom. The number of fused-ring (bicyclic) bond motifs is 3. The van der Waals surface area contributed by atoms with Gasteiger partial charge in [0.05, 0.1) is 24.2 Å². The van der Waals surface area contributed by atoms with Crippen LogP contribution in [-0.4, -0.2) is 27.4 Å². The molecule has 0 bridgehead atoms. The van der Waals surface area contributed by atoms with E-state index < -0.39 is 24.2 Å². The van der Waals surface area contributed by atoms with E-state index in [0.29, 0.717) is 0 Å². The van der Waals surface area contributed by atoms with E-state index in [1.807, 2.05) is 5.19 Å². The first-order valence-corrected chi connectivity index (χ1v) is 27.7. The minimum absolute atomic E-state index is 0. The first-order valence-electron chi connectivity index (χ1n) is 15.9. The number of halogens is 2. The summed E-state index contributed by atoms with van der Waals surface area (Å²) in [6.07, 6.45) is 8.06. The average molecular weight is 774 g/mol. The van der Waals surface area contributed by atoms with Crippen LogP contribution in [0.15, 0.2) is 109 Å². The molecule has 0 spiro atoms. The van der Waals surface area contributed by atoms with Gasteiger partial charge in [-0.15, -0.1) is 33.7 Å². The summed E-state index contributed by atoms with van der Waals surface area (Å²) in [5, 5.41) is 11.4. The SMILES string of the molecule is C[Si](C)(C)c1c([Si](C)(C)C)c([Si](C)(C)C)c2c([cH-]c3ccccc32)c1C1=CC=CC1.[Cl-].[Cl-].[Zr+2]=[C](c1ccccc1)c1ccccc1. The quantitative estimate of drug-likeness (QED) is 0.183. The Labute approximate surface area is 308 Å². The van der Waals surface area contributed by atoms with Gasteiger partial charge in [0.1, 0.15) is 0 Å². The van der Waals surface area contributed by atoms with E-state index in [2.05, 4.69) is 168 Å². The van der Waals surface area contributed by atoms with Crippen molar-refractivity contribution < 1.29 is 49.0 Å². The van der Waals surface area contributed by atoms with Crippen LogP contribution < -0.4 is 40.4 Å². The molecule has 0 heterocycles. The summed E-state index contributed by atoms with van der Waals surface area (Å²) >= 11 is 1.46. The van der Waals surface area contributed by atoms with Crippen LogP contribution in [0.2, 0.25) is 58.9 Å². The number of benzene rings is 4. The van der Waals surface area contributed by atoms with Gasteiger partial charge in [-0.3, -0.25) is 0 Å². The van der Waals surface area contributed by atoms with Crippen molar-refractivity contribution in [1.82, 2.24) is 0 Å². The second-order valence-electron chi connectivity index (χ2n) is 15.2. The van der Waals surface area contributed by atoms with Gasteiger partial charge in [0, 0.05) is 0 Å². The van der Waals surface area contributed by atoms with E-state index in [4.69, 9.17) is 0 Å². The third kappa shape index (κ3) is 8.08. The molecule has 238 valence electrons. The molecule has 0 atom stereocenters. The monoisotopic (exact) mass is 771 g/mol. The second-order valence-corrected chi connectivity index (χ2v) is 31.4. The Bertz CT molecular complexity index is 1840. The molecule has 1 aliphatic carbocycles. The van der Waals surface area contributed by atoms with Crippen LogP contribution in [0.1, 0.15) is 23.1 Å². The zero-order valence-electron chi connectivity index (χ0n) is 28.9. The zero-order chi connectivity index (χ0) is 31.9. The van der Waals surface area contributed by atoms with Gasteiger partial charge < -0.3 is 24.8 Å². The Kier molecular flexibility index (Phi) is 12.8. The van der Waals surface area contributed by atoms with Crippen molar-refractivity contribution in [3.8, 4) is 0 Å². The van der Waals surface area contributed by atoms with Gasteiger partial charge in [-0.2, -0.15) is 0 Å². The fraction of sp³-hybridized carbons (Fsp3) is 0.250. The van der Waals surface area contributed by atoms with Gasteiger partial charge in [-0.25, -0.2) is 0 Å². The molecule has 46 heavy (non-hydrogen) atoms. The van der Waals surface area contributed by atoms with Crippen molar-refractivity contribution in [2.24, 2.45) is 0 Å². The molecule has 5 aromatic rings. The Morgan fingerprint density at radius 3 is 1.54 bits per heavy atom. The first-order chi connectivity index (χ1) is 20.7. The summed E-state index contributed by atoms with van der Waals surface area (Å²) in [5.74, 6) is 0. The molecule has 6 heteroatoms. The third-order valence-corrected chi connectivity index (χ3v) is 16.5. The normalized spacial score (nSPS) is 13.1. The molecular formula is C40H47Cl2Si3Zr-. The summed E-state index contributed by atoms with van der Waals surface area (Å²) in [5.41, 5.74) is 5.80. The van der Waals surface area contributed by atoms with Crippen LogP contribution >= 0.6 is 0 Å². The van der Waals surface area contributed by atoms with Crippen LogP contribution in [0.3, 0.4) is 0 Å². The molecule has 0 unspecified atom stereocenters. The van der Waals surface area contributed by atoms with E-state index >= 15 is 0 Å². The van der Waals surface area contributed by atoms with Gasteiger partial charge >= 0.3 is 99.2 Å². The molecule has 0 nitrogen and oxygen atoms in total. The van der Waals surface area contributed by atoms with Crippen molar-refractivity contribution in [3.63, 3.8) is 0 Å². The summed E-state index contributed by atoms with van der Waals surface area (Å²) in [6.45, 7) is 23.2. The zero-order valence-corrected chi connectivity index (χ0v) is 35.8. The van der Waals surface area contributed by atoms with E-state index in [1.165, 1.54) is 60.3 Å². The molecule has 0 aromatic heterocycles. The standard InChI is InChI=1S/C27H37Si3.C13H10.2ClH.Zr/c1-28(2,3)25-23(19-14-10-11-15-19)22-18-20-16-12-13-17-21(20)24(22)26(29(4,5)6)27(25)30(7,8)9;1-3-7-12(8-4-1)11-13-9-5-2-6-10-13;;;/h10-14,16-18H,15H2,1-9H3;1-10H;2*1H;/q-1;;;;+2/p-2. The Hall–Kier alpha value is -1.79.